The second kappa shape index (κ2) is 9.08. The van der Waals surface area contributed by atoms with Crippen LogP contribution < -0.4 is 10.6 Å². The number of fused-ring (bicyclic) bond motifs is 1. The van der Waals surface area contributed by atoms with Crippen molar-refractivity contribution in [2.24, 2.45) is 0 Å². The summed E-state index contributed by atoms with van der Waals surface area (Å²) >= 11 is 0. The highest BCUT2D eigenvalue weighted by atomic mass is 19.4. The molecule has 9 nitrogen and oxygen atoms in total. The van der Waals surface area contributed by atoms with Gasteiger partial charge in [0.1, 0.15) is 11.5 Å². The monoisotopic (exact) mass is 471 g/mol. The number of alkyl halides is 3. The molecular formula is C22H20F3N7O2. The number of nitrogens with one attached hydrogen (secondary N) is 3. The predicted octanol–water partition coefficient (Wildman–Crippen LogP) is 3.54. The second-order valence-electron chi connectivity index (χ2n) is 7.64. The number of H-pyrrole nitrogens is 1. The molecular weight excluding hydrogens is 451 g/mol. The number of anilines is 2. The van der Waals surface area contributed by atoms with E-state index in [0.717, 1.165) is 17.7 Å². The van der Waals surface area contributed by atoms with Crippen LogP contribution in [0.4, 0.5) is 24.7 Å². The number of nitrogens with zero attached hydrogens (tertiary/aromatic N) is 4. The zero-order valence-electron chi connectivity index (χ0n) is 18.1. The molecule has 0 bridgehead atoms. The third kappa shape index (κ3) is 4.97. The third-order valence-corrected chi connectivity index (χ3v) is 4.92. The fourth-order valence-corrected chi connectivity index (χ4v) is 3.16. The van der Waals surface area contributed by atoms with Gasteiger partial charge in [0.2, 0.25) is 0 Å². The molecule has 0 aliphatic heterocycles. The number of hydrogen-bond donors (Lipinski definition) is 4. The van der Waals surface area contributed by atoms with Gasteiger partial charge in [-0.1, -0.05) is 12.1 Å². The van der Waals surface area contributed by atoms with Gasteiger partial charge in [-0.15, -0.1) is 0 Å². The highest BCUT2D eigenvalue weighted by Crippen LogP contribution is 2.29. The Balaban J connectivity index is 1.62. The van der Waals surface area contributed by atoms with Gasteiger partial charge in [-0.3, -0.25) is 19.8 Å². The van der Waals surface area contributed by atoms with Gasteiger partial charge in [-0.25, -0.2) is 4.98 Å². The Morgan fingerprint density at radius 3 is 2.65 bits per heavy atom. The molecule has 3 aromatic heterocycles. The molecule has 0 saturated heterocycles. The first kappa shape index (κ1) is 23.1. The number of aromatic nitrogens is 4. The average Bonchev–Trinajstić information content (AvgIpc) is 3.22. The minimum Gasteiger partial charge on any atom is -0.361 e. The first-order valence-electron chi connectivity index (χ1n) is 10.0. The van der Waals surface area contributed by atoms with Crippen LogP contribution in [0.2, 0.25) is 0 Å². The van der Waals surface area contributed by atoms with Crippen molar-refractivity contribution in [3.63, 3.8) is 0 Å². The van der Waals surface area contributed by atoms with Crippen LogP contribution >= 0.6 is 0 Å². The van der Waals surface area contributed by atoms with Crippen LogP contribution in [0.25, 0.3) is 22.0 Å². The quantitative estimate of drug-likeness (QED) is 0.318. The molecule has 4 aromatic rings. The third-order valence-electron chi connectivity index (χ3n) is 4.92. The van der Waals surface area contributed by atoms with Crippen molar-refractivity contribution < 1.29 is 23.1 Å². The summed E-state index contributed by atoms with van der Waals surface area (Å²) in [6.07, 6.45) is -2.35. The van der Waals surface area contributed by atoms with E-state index in [1.165, 1.54) is 6.07 Å². The molecule has 34 heavy (non-hydrogen) atoms. The number of amides is 1. The molecule has 4 N–H and O–H groups in total. The molecule has 1 atom stereocenters. The zero-order chi connectivity index (χ0) is 24.5. The maximum absolute atomic E-state index is 12.9. The lowest BCUT2D eigenvalue weighted by atomic mass is 10.0. The van der Waals surface area contributed by atoms with Gasteiger partial charge in [0.15, 0.2) is 12.0 Å². The molecule has 0 saturated carbocycles. The number of aliphatic hydroxyl groups excluding tert-OH is 1. The van der Waals surface area contributed by atoms with Crippen LogP contribution in [-0.2, 0) is 6.18 Å². The number of benzene rings is 1. The number of hydrogen-bond acceptors (Lipinski definition) is 7. The molecule has 12 heteroatoms. The first-order valence-corrected chi connectivity index (χ1v) is 10.0. The number of pyridine rings is 2. The number of aromatic amines is 1. The highest BCUT2D eigenvalue weighted by molar-refractivity contribution is 6.11. The predicted molar refractivity (Wildman–Crippen MR) is 120 cm³/mol. The normalized spacial score (nSPS) is 12.7. The molecule has 3 heterocycles. The Morgan fingerprint density at radius 2 is 1.91 bits per heavy atom. The standard InChI is InChI=1S/C22H20F3N7O2/c1-32(2)21(34)27-14-8-13(10-26-11-14)12-6-7-16-15(9-12)19(31-30-16)20(33)29-18-5-3-4-17(28-18)22(23,24)25/h3-11,21,27,34H,1-2H3,(H,30,31)(H,28,29,33). The van der Waals surface area contributed by atoms with Gasteiger partial charge in [0, 0.05) is 17.1 Å². The van der Waals surface area contributed by atoms with Crippen molar-refractivity contribution >= 4 is 28.3 Å². The first-order chi connectivity index (χ1) is 16.1. The number of halogens is 3. The van der Waals surface area contributed by atoms with Gasteiger partial charge in [0.25, 0.3) is 5.91 Å². The Bertz CT molecular complexity index is 1340. The SMILES string of the molecule is CN(C)C(O)Nc1cncc(-c2ccc3[nH]nc(C(=O)Nc4cccc(C(F)(F)F)n4)c3c2)c1. The average molecular weight is 471 g/mol. The number of aliphatic hydroxyl groups is 1. The summed E-state index contributed by atoms with van der Waals surface area (Å²) in [6, 6.07) is 10.3. The van der Waals surface area contributed by atoms with E-state index in [-0.39, 0.29) is 11.5 Å². The van der Waals surface area contributed by atoms with Gasteiger partial charge in [-0.2, -0.15) is 18.3 Å². The van der Waals surface area contributed by atoms with Gasteiger partial charge >= 0.3 is 6.18 Å². The van der Waals surface area contributed by atoms with Crippen LogP contribution in [0.3, 0.4) is 0 Å². The van der Waals surface area contributed by atoms with Gasteiger partial charge < -0.3 is 15.7 Å². The topological polar surface area (TPSA) is 119 Å². The van der Waals surface area contributed by atoms with Crippen LogP contribution in [0, 0.1) is 0 Å². The van der Waals surface area contributed by atoms with Crippen LogP contribution in [0.1, 0.15) is 16.2 Å². The number of rotatable bonds is 6. The number of carbonyl (C=O) groups excluding carboxylic acids is 1. The van der Waals surface area contributed by atoms with Crippen molar-refractivity contribution in [2.45, 2.75) is 12.5 Å². The number of carbonyl (C=O) groups is 1. The lowest BCUT2D eigenvalue weighted by molar-refractivity contribution is -0.141. The fourth-order valence-electron chi connectivity index (χ4n) is 3.16. The molecule has 0 spiro atoms. The van der Waals surface area contributed by atoms with E-state index in [0.29, 0.717) is 22.2 Å². The lowest BCUT2D eigenvalue weighted by Gasteiger charge is -2.20. The van der Waals surface area contributed by atoms with Crippen LogP contribution in [0.15, 0.2) is 54.9 Å². The molecule has 176 valence electrons. The summed E-state index contributed by atoms with van der Waals surface area (Å²) in [7, 11) is 3.42. The van der Waals surface area contributed by atoms with Gasteiger partial charge in [-0.05, 0) is 50.0 Å². The van der Waals surface area contributed by atoms with Crippen molar-refractivity contribution in [2.75, 3.05) is 24.7 Å². The molecule has 1 unspecified atom stereocenters. The minimum absolute atomic E-state index is 0.00123. The summed E-state index contributed by atoms with van der Waals surface area (Å²) in [5.41, 5.74) is 1.47. The molecule has 0 aliphatic carbocycles. The van der Waals surface area contributed by atoms with Crippen molar-refractivity contribution in [1.29, 1.82) is 0 Å². The highest BCUT2D eigenvalue weighted by Gasteiger charge is 2.32. The van der Waals surface area contributed by atoms with Crippen molar-refractivity contribution in [3.05, 3.63) is 66.2 Å². The second-order valence-corrected chi connectivity index (χ2v) is 7.64. The molecule has 0 fully saturated rings. The molecule has 1 amide bonds. The van der Waals surface area contributed by atoms with Crippen molar-refractivity contribution in [1.82, 2.24) is 25.1 Å². The molecule has 0 aliphatic rings. The van der Waals surface area contributed by atoms with E-state index in [4.69, 9.17) is 0 Å². The van der Waals surface area contributed by atoms with E-state index in [9.17, 15) is 23.1 Å². The molecule has 4 rings (SSSR count). The van der Waals surface area contributed by atoms with Crippen molar-refractivity contribution in [3.8, 4) is 11.1 Å². The Labute approximate surface area is 191 Å². The molecule has 1 aromatic carbocycles. The van der Waals surface area contributed by atoms with E-state index < -0.39 is 24.1 Å². The summed E-state index contributed by atoms with van der Waals surface area (Å²) in [5, 5.41) is 22.5. The Kier molecular flexibility index (Phi) is 6.18. The van der Waals surface area contributed by atoms with E-state index in [2.05, 4.69) is 30.8 Å². The fraction of sp³-hybridized carbons (Fsp3) is 0.182. The smallest absolute Gasteiger partial charge is 0.361 e. The van der Waals surface area contributed by atoms with Crippen LogP contribution in [-0.4, -0.2) is 56.5 Å². The summed E-state index contributed by atoms with van der Waals surface area (Å²) in [4.78, 5) is 22.0. The Morgan fingerprint density at radius 1 is 1.12 bits per heavy atom. The summed E-state index contributed by atoms with van der Waals surface area (Å²) < 4.78 is 38.7. The lowest BCUT2D eigenvalue weighted by Crippen LogP contribution is -2.34. The largest absolute Gasteiger partial charge is 0.433 e. The molecule has 0 radical (unpaired) electrons. The summed E-state index contributed by atoms with van der Waals surface area (Å²) in [5.74, 6) is -0.951. The maximum atomic E-state index is 12.9. The van der Waals surface area contributed by atoms with Gasteiger partial charge in [0.05, 0.1) is 17.4 Å². The van der Waals surface area contributed by atoms with Crippen LogP contribution in [0.5, 0.6) is 0 Å². The summed E-state index contributed by atoms with van der Waals surface area (Å²) in [6.45, 7) is 0. The minimum atomic E-state index is -4.63. The maximum Gasteiger partial charge on any atom is 0.433 e. The van der Waals surface area contributed by atoms with E-state index >= 15 is 0 Å². The van der Waals surface area contributed by atoms with E-state index in [1.54, 1.807) is 55.7 Å². The zero-order valence-corrected chi connectivity index (χ0v) is 18.1. The van der Waals surface area contributed by atoms with E-state index in [1.807, 2.05) is 0 Å². The Hall–Kier alpha value is -4.03.